The van der Waals surface area contributed by atoms with E-state index in [2.05, 4.69) is 21.3 Å². The Hall–Kier alpha value is -4.23. The lowest BCUT2D eigenvalue weighted by molar-refractivity contribution is -0.147. The van der Waals surface area contributed by atoms with E-state index in [9.17, 15) is 33.2 Å². The zero-order chi connectivity index (χ0) is 35.6. The van der Waals surface area contributed by atoms with Crippen molar-refractivity contribution in [3.63, 3.8) is 0 Å². The van der Waals surface area contributed by atoms with Gasteiger partial charge in [-0.3, -0.25) is 19.2 Å². The second-order valence-corrected chi connectivity index (χ2v) is 13.4. The molecule has 1 heterocycles. The van der Waals surface area contributed by atoms with Crippen molar-refractivity contribution in [2.75, 3.05) is 13.7 Å². The number of alkyl halides is 1. The van der Waals surface area contributed by atoms with Crippen molar-refractivity contribution in [1.29, 1.82) is 0 Å². The summed E-state index contributed by atoms with van der Waals surface area (Å²) in [6.07, 6.45) is -2.65. The molecule has 1 aromatic rings. The molecule has 1 aliphatic rings. The lowest BCUT2D eigenvalue weighted by Gasteiger charge is -2.31. The summed E-state index contributed by atoms with van der Waals surface area (Å²) in [5, 5.41) is 10.3. The number of hydrogen-bond acceptors (Lipinski definition) is 8. The Kier molecular flexibility index (Phi) is 14.1. The van der Waals surface area contributed by atoms with Gasteiger partial charge in [-0.05, 0) is 45.1 Å². The third-order valence-corrected chi connectivity index (χ3v) is 7.53. The molecule has 1 unspecified atom stereocenters. The summed E-state index contributed by atoms with van der Waals surface area (Å²) in [4.78, 5) is 79.5. The monoisotopic (exact) mass is 663 g/mol. The van der Waals surface area contributed by atoms with Crippen LogP contribution >= 0.6 is 0 Å². The fourth-order valence-electron chi connectivity index (χ4n) is 5.03. The summed E-state index contributed by atoms with van der Waals surface area (Å²) in [7, 11) is 1.20. The first kappa shape index (κ1) is 39.0. The maximum Gasteiger partial charge on any atom is 0.408 e. The highest BCUT2D eigenvalue weighted by molar-refractivity contribution is 5.96. The summed E-state index contributed by atoms with van der Waals surface area (Å²) >= 11 is 0. The number of benzene rings is 1. The average molecular weight is 664 g/mol. The highest BCUT2D eigenvalue weighted by Gasteiger charge is 2.44. The number of likely N-dealkylation sites (tertiary alicyclic amines) is 1. The Balaban J connectivity index is 2.28. The second-order valence-electron chi connectivity index (χ2n) is 13.4. The van der Waals surface area contributed by atoms with Gasteiger partial charge >= 0.3 is 12.1 Å². The van der Waals surface area contributed by atoms with Crippen LogP contribution in [0.5, 0.6) is 0 Å². The van der Waals surface area contributed by atoms with Crippen LogP contribution in [-0.2, 0) is 39.9 Å². The summed E-state index contributed by atoms with van der Waals surface area (Å²) in [6, 6.07) is 3.17. The first-order valence-corrected chi connectivity index (χ1v) is 15.8. The van der Waals surface area contributed by atoms with E-state index in [1.807, 2.05) is 0 Å². The molecule has 2 rings (SSSR count). The molecule has 14 heteroatoms. The SMILES string of the molecule is COC(=O)[C@@H](NC(=O)[C@@H](NC(=O)[C@@H]1CC(F)CN1C(=O)[C@H](Cc1ccccc1)NC(=O)[C@H](C)NC(=O)OC(C)(C)C)C(C)C)C(C)C. The van der Waals surface area contributed by atoms with E-state index in [-0.39, 0.29) is 18.8 Å². The predicted molar refractivity (Wildman–Crippen MR) is 171 cm³/mol. The van der Waals surface area contributed by atoms with Gasteiger partial charge in [0, 0.05) is 12.8 Å². The highest BCUT2D eigenvalue weighted by Crippen LogP contribution is 2.23. The Morgan fingerprint density at radius 3 is 2.00 bits per heavy atom. The molecule has 5 amide bonds. The Bertz CT molecular complexity index is 1270. The van der Waals surface area contributed by atoms with Gasteiger partial charge in [-0.2, -0.15) is 0 Å². The van der Waals surface area contributed by atoms with Crippen LogP contribution in [0, 0.1) is 11.8 Å². The molecule has 0 bridgehead atoms. The third kappa shape index (κ3) is 11.8. The van der Waals surface area contributed by atoms with E-state index in [4.69, 9.17) is 9.47 Å². The molecule has 0 aromatic heterocycles. The van der Waals surface area contributed by atoms with Crippen LogP contribution in [0.3, 0.4) is 0 Å². The summed E-state index contributed by atoms with van der Waals surface area (Å²) in [6.45, 7) is 12.9. The van der Waals surface area contributed by atoms with Crippen molar-refractivity contribution >= 4 is 35.7 Å². The number of carbonyl (C=O) groups excluding carboxylic acids is 6. The molecule has 13 nitrogen and oxygen atoms in total. The maximum absolute atomic E-state index is 14.9. The van der Waals surface area contributed by atoms with Crippen molar-refractivity contribution in [3.8, 4) is 0 Å². The van der Waals surface area contributed by atoms with E-state index in [0.29, 0.717) is 5.56 Å². The first-order valence-electron chi connectivity index (χ1n) is 15.8. The Morgan fingerprint density at radius 1 is 0.872 bits per heavy atom. The number of nitrogens with one attached hydrogen (secondary N) is 4. The Labute approximate surface area is 276 Å². The number of esters is 1. The van der Waals surface area contributed by atoms with Gasteiger partial charge in [0.1, 0.15) is 42.0 Å². The van der Waals surface area contributed by atoms with Gasteiger partial charge in [0.25, 0.3) is 0 Å². The minimum Gasteiger partial charge on any atom is -0.467 e. The van der Waals surface area contributed by atoms with Crippen LogP contribution in [-0.4, -0.2) is 96.2 Å². The average Bonchev–Trinajstić information content (AvgIpc) is 3.37. The summed E-state index contributed by atoms with van der Waals surface area (Å²) < 4.78 is 24.9. The second kappa shape index (κ2) is 17.1. The van der Waals surface area contributed by atoms with Gasteiger partial charge in [-0.15, -0.1) is 0 Å². The molecule has 1 saturated heterocycles. The van der Waals surface area contributed by atoms with Crippen LogP contribution in [0.25, 0.3) is 0 Å². The van der Waals surface area contributed by atoms with Crippen LogP contribution in [0.2, 0.25) is 0 Å². The van der Waals surface area contributed by atoms with Crippen LogP contribution in [0.4, 0.5) is 9.18 Å². The van der Waals surface area contributed by atoms with Gasteiger partial charge in [-0.1, -0.05) is 58.0 Å². The number of carbonyl (C=O) groups is 6. The zero-order valence-electron chi connectivity index (χ0n) is 28.7. The van der Waals surface area contributed by atoms with Gasteiger partial charge < -0.3 is 35.6 Å². The van der Waals surface area contributed by atoms with E-state index in [1.165, 1.54) is 14.0 Å². The van der Waals surface area contributed by atoms with E-state index in [0.717, 1.165) is 4.90 Å². The molecule has 4 N–H and O–H groups in total. The number of halogens is 1. The van der Waals surface area contributed by atoms with Crippen molar-refractivity contribution in [1.82, 2.24) is 26.2 Å². The van der Waals surface area contributed by atoms with E-state index >= 15 is 0 Å². The number of hydrogen-bond donors (Lipinski definition) is 4. The largest absolute Gasteiger partial charge is 0.467 e. The number of alkyl carbamates (subject to hydrolysis) is 1. The lowest BCUT2D eigenvalue weighted by atomic mass is 9.99. The Morgan fingerprint density at radius 2 is 1.47 bits per heavy atom. The van der Waals surface area contributed by atoms with E-state index in [1.54, 1.807) is 78.8 Å². The van der Waals surface area contributed by atoms with Crippen molar-refractivity contribution in [2.24, 2.45) is 11.8 Å². The van der Waals surface area contributed by atoms with Crippen molar-refractivity contribution in [3.05, 3.63) is 35.9 Å². The number of ether oxygens (including phenoxy) is 2. The van der Waals surface area contributed by atoms with Crippen molar-refractivity contribution in [2.45, 2.75) is 110 Å². The number of amides is 5. The molecular formula is C33H50FN5O8. The van der Waals surface area contributed by atoms with Gasteiger partial charge in [0.2, 0.25) is 23.6 Å². The van der Waals surface area contributed by atoms with Gasteiger partial charge in [0.15, 0.2) is 0 Å². The van der Waals surface area contributed by atoms with Crippen molar-refractivity contribution < 1.29 is 42.6 Å². The quantitative estimate of drug-likeness (QED) is 0.232. The molecule has 262 valence electrons. The predicted octanol–water partition coefficient (Wildman–Crippen LogP) is 2.02. The zero-order valence-corrected chi connectivity index (χ0v) is 28.7. The maximum atomic E-state index is 14.9. The molecule has 1 aliphatic heterocycles. The smallest absolute Gasteiger partial charge is 0.408 e. The van der Waals surface area contributed by atoms with Gasteiger partial charge in [-0.25, -0.2) is 14.0 Å². The van der Waals surface area contributed by atoms with E-state index < -0.39 is 90.1 Å². The van der Waals surface area contributed by atoms with Crippen LogP contribution in [0.1, 0.15) is 67.4 Å². The molecular weight excluding hydrogens is 613 g/mol. The number of rotatable bonds is 13. The third-order valence-electron chi connectivity index (χ3n) is 7.53. The lowest BCUT2D eigenvalue weighted by Crippen LogP contribution is -2.59. The number of methoxy groups -OCH3 is 1. The molecule has 0 spiro atoms. The minimum absolute atomic E-state index is 0.0213. The summed E-state index contributed by atoms with van der Waals surface area (Å²) in [5.41, 5.74) is -0.106. The highest BCUT2D eigenvalue weighted by atomic mass is 19.1. The normalized spacial score (nSPS) is 18.9. The molecule has 0 saturated carbocycles. The molecule has 0 aliphatic carbocycles. The van der Waals surface area contributed by atoms with Gasteiger partial charge in [0.05, 0.1) is 13.7 Å². The molecule has 47 heavy (non-hydrogen) atoms. The summed E-state index contributed by atoms with van der Waals surface area (Å²) in [5.74, 6) is -4.16. The molecule has 6 atom stereocenters. The molecule has 1 aromatic carbocycles. The fourth-order valence-corrected chi connectivity index (χ4v) is 5.03. The fraction of sp³-hybridized carbons (Fsp3) is 0.636. The molecule has 1 fully saturated rings. The topological polar surface area (TPSA) is 172 Å². The van der Waals surface area contributed by atoms with Crippen LogP contribution < -0.4 is 21.3 Å². The molecule has 0 radical (unpaired) electrons. The minimum atomic E-state index is -1.54. The standard InChI is InChI=1S/C33H50FN5O8/c1-18(2)25(29(42)38-26(19(3)4)31(44)46-9)37-28(41)24-16-22(34)17-39(24)30(43)23(15-21-13-11-10-12-14-21)36-27(40)20(5)35-32(45)47-33(6,7)8/h10-14,18-20,22-26H,15-17H2,1-9H3,(H,35,45)(H,36,40)(H,37,41)(H,38,42)/t20-,22?,23-,24-,25-,26-/m0/s1. The van der Waals surface area contributed by atoms with Crippen LogP contribution in [0.15, 0.2) is 30.3 Å². The first-order chi connectivity index (χ1) is 21.8. The number of nitrogens with zero attached hydrogens (tertiary/aromatic N) is 1.